The summed E-state index contributed by atoms with van der Waals surface area (Å²) >= 11 is 1.57. The highest BCUT2D eigenvalue weighted by Gasteiger charge is 2.35. The Hall–Kier alpha value is -2.28. The predicted octanol–water partition coefficient (Wildman–Crippen LogP) is 3.55. The lowest BCUT2D eigenvalue weighted by atomic mass is 9.93. The smallest absolute Gasteiger partial charge is 0.338 e. The number of nitrogens with zero attached hydrogens (tertiary/aromatic N) is 3. The maximum absolute atomic E-state index is 12.7. The predicted molar refractivity (Wildman–Crippen MR) is 98.7 cm³/mol. The van der Waals surface area contributed by atoms with Gasteiger partial charge in [-0.25, -0.2) is 9.48 Å². The first-order valence-electron chi connectivity index (χ1n) is 8.36. The Morgan fingerprint density at radius 2 is 2.08 bits per heavy atom. The molecule has 2 heterocycles. The average Bonchev–Trinajstić information content (AvgIpc) is 2.96. The molecule has 1 aliphatic rings. The molecule has 0 unspecified atom stereocenters. The van der Waals surface area contributed by atoms with Gasteiger partial charge in [0.05, 0.1) is 12.2 Å². The number of benzene rings is 1. The molecule has 25 heavy (non-hydrogen) atoms. The number of carbonyl (C=O) groups excluding carboxylic acids is 1. The molecule has 0 fully saturated rings. The Labute approximate surface area is 151 Å². The van der Waals surface area contributed by atoms with E-state index in [9.17, 15) is 4.79 Å². The van der Waals surface area contributed by atoms with E-state index in [1.54, 1.807) is 16.4 Å². The van der Waals surface area contributed by atoms with Gasteiger partial charge in [0.1, 0.15) is 6.04 Å². The minimum Gasteiger partial charge on any atom is -0.463 e. The molecular formula is C18H22N4O2S. The van der Waals surface area contributed by atoms with Crippen LogP contribution in [0.25, 0.3) is 0 Å². The van der Waals surface area contributed by atoms with E-state index in [2.05, 4.69) is 22.3 Å². The summed E-state index contributed by atoms with van der Waals surface area (Å²) in [6.07, 6.45) is 0. The van der Waals surface area contributed by atoms with Crippen LogP contribution < -0.4 is 5.32 Å². The second-order valence-electron chi connectivity index (χ2n) is 5.74. The molecular weight excluding hydrogens is 336 g/mol. The zero-order chi connectivity index (χ0) is 18.0. The normalized spacial score (nSPS) is 16.4. The van der Waals surface area contributed by atoms with Crippen LogP contribution in [-0.2, 0) is 9.53 Å². The molecule has 0 saturated carbocycles. The van der Waals surface area contributed by atoms with Crippen molar-refractivity contribution in [3.8, 4) is 0 Å². The van der Waals surface area contributed by atoms with E-state index in [0.717, 1.165) is 22.6 Å². The molecule has 132 valence electrons. The summed E-state index contributed by atoms with van der Waals surface area (Å²) in [5.41, 5.74) is 3.43. The molecule has 7 heteroatoms. The third-order valence-corrected chi connectivity index (χ3v) is 4.80. The van der Waals surface area contributed by atoms with Crippen molar-refractivity contribution in [1.29, 1.82) is 0 Å². The Bertz CT molecular complexity index is 828. The Kier molecular flexibility index (Phi) is 5.13. The first-order chi connectivity index (χ1) is 12.1. The fourth-order valence-electron chi connectivity index (χ4n) is 2.98. The highest BCUT2D eigenvalue weighted by atomic mass is 32.2. The summed E-state index contributed by atoms with van der Waals surface area (Å²) in [6.45, 7) is 8.11. The van der Waals surface area contributed by atoms with Crippen LogP contribution in [0.5, 0.6) is 0 Å². The van der Waals surface area contributed by atoms with Crippen LogP contribution in [0.4, 0.5) is 5.95 Å². The van der Waals surface area contributed by atoms with E-state index in [1.807, 2.05) is 45.0 Å². The molecule has 0 spiro atoms. The third kappa shape index (κ3) is 3.28. The largest absolute Gasteiger partial charge is 0.463 e. The Balaban J connectivity index is 2.17. The molecule has 3 rings (SSSR count). The van der Waals surface area contributed by atoms with Crippen molar-refractivity contribution in [3.63, 3.8) is 0 Å². The van der Waals surface area contributed by atoms with Gasteiger partial charge in [0.25, 0.3) is 0 Å². The average molecular weight is 358 g/mol. The minimum atomic E-state index is -0.352. The third-order valence-electron chi connectivity index (χ3n) is 4.08. The number of hydrogen-bond donors (Lipinski definition) is 1. The van der Waals surface area contributed by atoms with E-state index >= 15 is 0 Å². The molecule has 1 aromatic heterocycles. The lowest BCUT2D eigenvalue weighted by molar-refractivity contribution is -0.139. The fraction of sp³-hybridized carbons (Fsp3) is 0.389. The monoisotopic (exact) mass is 358 g/mol. The van der Waals surface area contributed by atoms with Gasteiger partial charge < -0.3 is 10.1 Å². The summed E-state index contributed by atoms with van der Waals surface area (Å²) in [6, 6.07) is 7.67. The molecule has 1 aliphatic heterocycles. The zero-order valence-electron chi connectivity index (χ0n) is 14.9. The molecule has 1 N–H and O–H groups in total. The molecule has 6 nitrogen and oxygen atoms in total. The van der Waals surface area contributed by atoms with Crippen LogP contribution in [-0.4, -0.2) is 33.1 Å². The first-order valence-corrected chi connectivity index (χ1v) is 9.35. The van der Waals surface area contributed by atoms with Gasteiger partial charge in [-0.2, -0.15) is 4.98 Å². The van der Waals surface area contributed by atoms with Gasteiger partial charge in [-0.1, -0.05) is 43.0 Å². The molecule has 1 atom stereocenters. The van der Waals surface area contributed by atoms with Crippen LogP contribution >= 0.6 is 11.8 Å². The number of rotatable bonds is 5. The maximum Gasteiger partial charge on any atom is 0.338 e. The Morgan fingerprint density at radius 1 is 1.32 bits per heavy atom. The molecule has 0 radical (unpaired) electrons. The van der Waals surface area contributed by atoms with Crippen LogP contribution in [0, 0.1) is 6.92 Å². The lowest BCUT2D eigenvalue weighted by Crippen LogP contribution is -2.30. The van der Waals surface area contributed by atoms with Crippen molar-refractivity contribution in [3.05, 3.63) is 46.7 Å². The van der Waals surface area contributed by atoms with Gasteiger partial charge in [-0.05, 0) is 37.7 Å². The first kappa shape index (κ1) is 17.5. The van der Waals surface area contributed by atoms with Crippen LogP contribution in [0.15, 0.2) is 40.7 Å². The number of hydrogen-bond acceptors (Lipinski definition) is 6. The molecule has 0 bridgehead atoms. The summed E-state index contributed by atoms with van der Waals surface area (Å²) in [5.74, 6) is 1.21. The summed E-state index contributed by atoms with van der Waals surface area (Å²) < 4.78 is 7.10. The SMILES string of the molecule is CCOC(=O)C1=C(C)Nc2nc(SCC)nn2[C@H]1c1ccccc1C. The quantitative estimate of drug-likeness (QED) is 0.651. The maximum atomic E-state index is 12.7. The van der Waals surface area contributed by atoms with Crippen molar-refractivity contribution < 1.29 is 9.53 Å². The number of aryl methyl sites for hydroxylation is 1. The van der Waals surface area contributed by atoms with Gasteiger partial charge in [0.15, 0.2) is 0 Å². The van der Waals surface area contributed by atoms with E-state index in [0.29, 0.717) is 23.3 Å². The molecule has 0 amide bonds. The summed E-state index contributed by atoms with van der Waals surface area (Å²) in [7, 11) is 0. The lowest BCUT2D eigenvalue weighted by Gasteiger charge is -2.28. The van der Waals surface area contributed by atoms with Crippen LogP contribution in [0.2, 0.25) is 0 Å². The second kappa shape index (κ2) is 7.31. The molecule has 2 aromatic rings. The minimum absolute atomic E-state index is 0.327. The highest BCUT2D eigenvalue weighted by Crippen LogP contribution is 2.37. The van der Waals surface area contributed by atoms with Crippen LogP contribution in [0.3, 0.4) is 0 Å². The molecule has 0 saturated heterocycles. The highest BCUT2D eigenvalue weighted by molar-refractivity contribution is 7.99. The number of ether oxygens (including phenoxy) is 1. The zero-order valence-corrected chi connectivity index (χ0v) is 15.7. The number of allylic oxidation sites excluding steroid dienone is 1. The number of aromatic nitrogens is 3. The molecule has 0 aliphatic carbocycles. The number of fused-ring (bicyclic) bond motifs is 1. The topological polar surface area (TPSA) is 69.0 Å². The van der Waals surface area contributed by atoms with E-state index in [1.165, 1.54) is 0 Å². The van der Waals surface area contributed by atoms with E-state index in [-0.39, 0.29) is 12.0 Å². The summed E-state index contributed by atoms with van der Waals surface area (Å²) in [5, 5.41) is 8.53. The van der Waals surface area contributed by atoms with Crippen molar-refractivity contribution in [1.82, 2.24) is 14.8 Å². The van der Waals surface area contributed by atoms with Crippen molar-refractivity contribution in [2.75, 3.05) is 17.7 Å². The van der Waals surface area contributed by atoms with Crippen molar-refractivity contribution in [2.45, 2.75) is 38.9 Å². The van der Waals surface area contributed by atoms with Gasteiger partial charge >= 0.3 is 5.97 Å². The number of carbonyl (C=O) groups is 1. The van der Waals surface area contributed by atoms with Crippen molar-refractivity contribution in [2.24, 2.45) is 0 Å². The molecule has 1 aromatic carbocycles. The van der Waals surface area contributed by atoms with Gasteiger partial charge in [0.2, 0.25) is 11.1 Å². The second-order valence-corrected chi connectivity index (χ2v) is 6.97. The summed E-state index contributed by atoms with van der Waals surface area (Å²) in [4.78, 5) is 17.2. The standard InChI is InChI=1S/C18H22N4O2S/c1-5-24-16(23)14-12(4)19-17-20-18(25-6-2)21-22(17)15(14)13-10-8-7-9-11(13)3/h7-10,15H,5-6H2,1-4H3,(H,19,20,21)/t15-/m0/s1. The van der Waals surface area contributed by atoms with Gasteiger partial charge in [-0.3, -0.25) is 0 Å². The van der Waals surface area contributed by atoms with E-state index < -0.39 is 0 Å². The number of esters is 1. The van der Waals surface area contributed by atoms with Crippen molar-refractivity contribution >= 4 is 23.7 Å². The fourth-order valence-corrected chi connectivity index (χ4v) is 3.53. The number of thioether (sulfide) groups is 1. The number of anilines is 1. The van der Waals surface area contributed by atoms with Crippen LogP contribution in [0.1, 0.15) is 37.9 Å². The van der Waals surface area contributed by atoms with Gasteiger partial charge in [0, 0.05) is 5.70 Å². The van der Waals surface area contributed by atoms with E-state index in [4.69, 9.17) is 4.74 Å². The Morgan fingerprint density at radius 3 is 2.76 bits per heavy atom. The number of nitrogens with one attached hydrogen (secondary N) is 1. The van der Waals surface area contributed by atoms with Gasteiger partial charge in [-0.15, -0.1) is 5.10 Å².